The zero-order chi connectivity index (χ0) is 13.4. The van der Waals surface area contributed by atoms with E-state index in [1.165, 1.54) is 7.05 Å². The average Bonchev–Trinajstić information content (AvgIpc) is 2.59. The molecule has 0 aromatic carbocycles. The van der Waals surface area contributed by atoms with Gasteiger partial charge < -0.3 is 9.52 Å². The minimum Gasteiger partial charge on any atom is -0.475 e. The van der Waals surface area contributed by atoms with Crippen molar-refractivity contribution in [3.63, 3.8) is 0 Å². The molecular formula is C9H12BrNO5S. The Labute approximate surface area is 107 Å². The predicted molar refractivity (Wildman–Crippen MR) is 63.5 cm³/mol. The third kappa shape index (κ3) is 2.70. The van der Waals surface area contributed by atoms with Gasteiger partial charge in [0, 0.05) is 19.2 Å². The van der Waals surface area contributed by atoms with Gasteiger partial charge in [0.05, 0.1) is 0 Å². The third-order valence-electron chi connectivity index (χ3n) is 2.25. The van der Waals surface area contributed by atoms with Gasteiger partial charge in [-0.15, -0.1) is 0 Å². The molecule has 0 aliphatic heterocycles. The van der Waals surface area contributed by atoms with Crippen LogP contribution in [0.3, 0.4) is 0 Å². The Balaban J connectivity index is 3.29. The molecule has 1 aromatic rings. The molecule has 96 valence electrons. The highest BCUT2D eigenvalue weighted by atomic mass is 79.9. The summed E-state index contributed by atoms with van der Waals surface area (Å²) < 4.78 is 30.0. The fraction of sp³-hybridized carbons (Fsp3) is 0.444. The first-order valence-electron chi connectivity index (χ1n) is 4.68. The lowest BCUT2D eigenvalue weighted by atomic mass is 10.4. The predicted octanol–water partition coefficient (Wildman–Crippen LogP) is 1.77. The zero-order valence-corrected chi connectivity index (χ0v) is 11.9. The number of hydrogen-bond donors (Lipinski definition) is 1. The van der Waals surface area contributed by atoms with Crippen LogP contribution in [0.15, 0.2) is 20.0 Å². The molecule has 6 nitrogen and oxygen atoms in total. The molecule has 1 aromatic heterocycles. The first kappa shape index (κ1) is 14.2. The zero-order valence-electron chi connectivity index (χ0n) is 9.47. The Morgan fingerprint density at radius 3 is 2.41 bits per heavy atom. The van der Waals surface area contributed by atoms with Crippen LogP contribution in [0.1, 0.15) is 24.4 Å². The molecule has 17 heavy (non-hydrogen) atoms. The second-order valence-electron chi connectivity index (χ2n) is 3.67. The summed E-state index contributed by atoms with van der Waals surface area (Å²) in [6.07, 6.45) is 0. The van der Waals surface area contributed by atoms with Crippen molar-refractivity contribution in [2.45, 2.75) is 24.8 Å². The van der Waals surface area contributed by atoms with Gasteiger partial charge >= 0.3 is 5.97 Å². The smallest absolute Gasteiger partial charge is 0.371 e. The summed E-state index contributed by atoms with van der Waals surface area (Å²) in [5, 5.41) is 8.71. The molecule has 1 heterocycles. The highest BCUT2D eigenvalue weighted by Gasteiger charge is 2.29. The lowest BCUT2D eigenvalue weighted by Crippen LogP contribution is -2.33. The Kier molecular flexibility index (Phi) is 4.00. The number of sulfonamides is 1. The van der Waals surface area contributed by atoms with Gasteiger partial charge in [0.15, 0.2) is 4.67 Å². The number of furan rings is 1. The van der Waals surface area contributed by atoms with Gasteiger partial charge in [0.1, 0.15) is 4.90 Å². The number of carboxylic acid groups (broad SMARTS) is 1. The monoisotopic (exact) mass is 325 g/mol. The van der Waals surface area contributed by atoms with Crippen LogP contribution in [0, 0.1) is 0 Å². The molecule has 1 N–H and O–H groups in total. The molecule has 0 saturated carbocycles. The first-order valence-corrected chi connectivity index (χ1v) is 6.92. The van der Waals surface area contributed by atoms with Crippen molar-refractivity contribution in [1.29, 1.82) is 0 Å². The van der Waals surface area contributed by atoms with Crippen LogP contribution < -0.4 is 0 Å². The van der Waals surface area contributed by atoms with E-state index < -0.39 is 21.8 Å². The number of carbonyl (C=O) groups is 1. The molecule has 0 amide bonds. The van der Waals surface area contributed by atoms with Gasteiger partial charge in [0.25, 0.3) is 0 Å². The van der Waals surface area contributed by atoms with Crippen molar-refractivity contribution in [3.8, 4) is 0 Å². The van der Waals surface area contributed by atoms with Crippen LogP contribution in [0.2, 0.25) is 0 Å². The van der Waals surface area contributed by atoms with E-state index in [4.69, 9.17) is 9.52 Å². The van der Waals surface area contributed by atoms with Crippen LogP contribution in [-0.4, -0.2) is 36.9 Å². The van der Waals surface area contributed by atoms with Gasteiger partial charge in [-0.2, -0.15) is 4.31 Å². The standard InChI is InChI=1S/C9H12BrNO5S/c1-5(2)11(3)17(14,15)7-4-6(9(12)13)16-8(7)10/h4-5H,1-3H3,(H,12,13). The molecule has 0 unspecified atom stereocenters. The summed E-state index contributed by atoms with van der Waals surface area (Å²) in [6.45, 7) is 3.42. The normalized spacial score (nSPS) is 12.4. The molecule has 0 spiro atoms. The quantitative estimate of drug-likeness (QED) is 0.911. The Hall–Kier alpha value is -0.860. The highest BCUT2D eigenvalue weighted by Crippen LogP contribution is 2.28. The lowest BCUT2D eigenvalue weighted by Gasteiger charge is -2.19. The molecule has 8 heteroatoms. The average molecular weight is 326 g/mol. The van der Waals surface area contributed by atoms with E-state index in [2.05, 4.69) is 15.9 Å². The van der Waals surface area contributed by atoms with Crippen LogP contribution in [0.4, 0.5) is 0 Å². The maximum absolute atomic E-state index is 12.1. The Morgan fingerprint density at radius 2 is 2.06 bits per heavy atom. The molecule has 0 bridgehead atoms. The van der Waals surface area contributed by atoms with Crippen LogP contribution in [-0.2, 0) is 10.0 Å². The summed E-state index contributed by atoms with van der Waals surface area (Å²) in [5.41, 5.74) is 0. The molecule has 0 radical (unpaired) electrons. The Bertz CT molecular complexity index is 534. The molecule has 0 aliphatic rings. The third-order valence-corrected chi connectivity index (χ3v) is 5.14. The summed E-state index contributed by atoms with van der Waals surface area (Å²) >= 11 is 2.90. The van der Waals surface area contributed by atoms with E-state index in [0.717, 1.165) is 10.4 Å². The number of nitrogens with zero attached hydrogens (tertiary/aromatic N) is 1. The molecule has 0 saturated heterocycles. The molecule has 0 atom stereocenters. The molecule has 0 aliphatic carbocycles. The largest absolute Gasteiger partial charge is 0.475 e. The van der Waals surface area contributed by atoms with Gasteiger partial charge in [-0.25, -0.2) is 13.2 Å². The van der Waals surface area contributed by atoms with Crippen LogP contribution >= 0.6 is 15.9 Å². The van der Waals surface area contributed by atoms with Crippen LogP contribution in [0.25, 0.3) is 0 Å². The van der Waals surface area contributed by atoms with Gasteiger partial charge in [-0.3, -0.25) is 0 Å². The van der Waals surface area contributed by atoms with Gasteiger partial charge in [0.2, 0.25) is 15.8 Å². The fourth-order valence-electron chi connectivity index (χ4n) is 1.07. The number of halogens is 1. The topological polar surface area (TPSA) is 87.8 Å². The minimum atomic E-state index is -3.75. The van der Waals surface area contributed by atoms with Crippen LogP contribution in [0.5, 0.6) is 0 Å². The molecular weight excluding hydrogens is 314 g/mol. The second kappa shape index (κ2) is 4.79. The van der Waals surface area contributed by atoms with E-state index in [0.29, 0.717) is 0 Å². The SMILES string of the molecule is CC(C)N(C)S(=O)(=O)c1cc(C(=O)O)oc1Br. The van der Waals surface area contributed by atoms with E-state index in [9.17, 15) is 13.2 Å². The summed E-state index contributed by atoms with van der Waals surface area (Å²) in [5.74, 6) is -1.74. The number of aromatic carboxylic acids is 1. The van der Waals surface area contributed by atoms with Crippen molar-refractivity contribution >= 4 is 31.9 Å². The lowest BCUT2D eigenvalue weighted by molar-refractivity contribution is 0.0661. The summed E-state index contributed by atoms with van der Waals surface area (Å²) in [7, 11) is -2.34. The number of carboxylic acids is 1. The fourth-order valence-corrected chi connectivity index (χ4v) is 3.33. The maximum atomic E-state index is 12.1. The minimum absolute atomic E-state index is 0.109. The van der Waals surface area contributed by atoms with E-state index in [-0.39, 0.29) is 15.6 Å². The van der Waals surface area contributed by atoms with Crippen molar-refractivity contribution in [2.24, 2.45) is 0 Å². The van der Waals surface area contributed by atoms with E-state index in [1.807, 2.05) is 0 Å². The summed E-state index contributed by atoms with van der Waals surface area (Å²) in [4.78, 5) is 10.5. The number of hydrogen-bond acceptors (Lipinski definition) is 4. The first-order chi connectivity index (χ1) is 7.67. The molecule has 1 rings (SSSR count). The maximum Gasteiger partial charge on any atom is 0.371 e. The van der Waals surface area contributed by atoms with Crippen molar-refractivity contribution in [2.75, 3.05) is 7.05 Å². The highest BCUT2D eigenvalue weighted by molar-refractivity contribution is 9.10. The Morgan fingerprint density at radius 1 is 1.53 bits per heavy atom. The molecule has 0 fully saturated rings. The number of rotatable bonds is 4. The van der Waals surface area contributed by atoms with Crippen molar-refractivity contribution in [3.05, 3.63) is 16.5 Å². The van der Waals surface area contributed by atoms with Crippen molar-refractivity contribution in [1.82, 2.24) is 4.31 Å². The van der Waals surface area contributed by atoms with Crippen molar-refractivity contribution < 1.29 is 22.7 Å². The second-order valence-corrected chi connectivity index (χ2v) is 6.35. The van der Waals surface area contributed by atoms with E-state index in [1.54, 1.807) is 13.8 Å². The van der Waals surface area contributed by atoms with Gasteiger partial charge in [-0.1, -0.05) is 0 Å². The summed E-state index contributed by atoms with van der Waals surface area (Å²) in [6, 6.07) is 0.746. The van der Waals surface area contributed by atoms with E-state index >= 15 is 0 Å². The van der Waals surface area contributed by atoms with Gasteiger partial charge in [-0.05, 0) is 29.8 Å².